The van der Waals surface area contributed by atoms with Crippen LogP contribution in [0.2, 0.25) is 0 Å². The van der Waals surface area contributed by atoms with Gasteiger partial charge in [0.05, 0.1) is 0 Å². The van der Waals surface area contributed by atoms with Crippen LogP contribution in [0.25, 0.3) is 0 Å². The Hall–Kier alpha value is -1.16. The average Bonchev–Trinajstić information content (AvgIpc) is 2.79. The molecule has 1 aliphatic rings. The Morgan fingerprint density at radius 3 is 2.94 bits per heavy atom. The maximum Gasteiger partial charge on any atom is 0.165 e. The maximum atomic E-state index is 13.2. The van der Waals surface area contributed by atoms with E-state index in [4.69, 9.17) is 0 Å². The number of halogens is 1. The zero-order chi connectivity index (χ0) is 11.2. The highest BCUT2D eigenvalue weighted by Gasteiger charge is 2.10. The standard InChI is InChI=1S/C12H18FN3/c13-11-5-3-6-14-12(11)15-7-4-10-16-8-1-2-9-16/h3,5-6H,1-2,4,7-10H2,(H,14,15). The molecule has 0 aromatic carbocycles. The molecule has 16 heavy (non-hydrogen) atoms. The SMILES string of the molecule is Fc1cccnc1NCCCN1CCCC1. The second kappa shape index (κ2) is 5.80. The highest BCUT2D eigenvalue weighted by molar-refractivity contribution is 5.35. The van der Waals surface area contributed by atoms with Gasteiger partial charge in [-0.25, -0.2) is 9.37 Å². The molecule has 1 aromatic rings. The lowest BCUT2D eigenvalue weighted by atomic mass is 10.3. The predicted molar refractivity (Wildman–Crippen MR) is 63.0 cm³/mol. The third-order valence-electron chi connectivity index (χ3n) is 2.90. The summed E-state index contributed by atoms with van der Waals surface area (Å²) in [7, 11) is 0. The quantitative estimate of drug-likeness (QED) is 0.775. The third kappa shape index (κ3) is 3.17. The van der Waals surface area contributed by atoms with Crippen molar-refractivity contribution >= 4 is 5.82 Å². The fourth-order valence-corrected chi connectivity index (χ4v) is 2.03. The second-order valence-electron chi connectivity index (χ2n) is 4.16. The van der Waals surface area contributed by atoms with Crippen LogP contribution in [0.3, 0.4) is 0 Å². The third-order valence-corrected chi connectivity index (χ3v) is 2.90. The zero-order valence-corrected chi connectivity index (χ0v) is 9.45. The van der Waals surface area contributed by atoms with Crippen LogP contribution in [0, 0.1) is 5.82 Å². The molecule has 0 unspecified atom stereocenters. The van der Waals surface area contributed by atoms with Crippen molar-refractivity contribution in [1.29, 1.82) is 0 Å². The van der Waals surface area contributed by atoms with E-state index in [1.54, 1.807) is 12.3 Å². The molecule has 0 aliphatic carbocycles. The van der Waals surface area contributed by atoms with E-state index >= 15 is 0 Å². The monoisotopic (exact) mass is 223 g/mol. The number of nitrogens with zero attached hydrogens (tertiary/aromatic N) is 2. The van der Waals surface area contributed by atoms with Crippen molar-refractivity contribution in [2.45, 2.75) is 19.3 Å². The molecule has 0 spiro atoms. The molecule has 1 aliphatic heterocycles. The second-order valence-corrected chi connectivity index (χ2v) is 4.16. The van der Waals surface area contributed by atoms with Gasteiger partial charge in [0.25, 0.3) is 0 Å². The number of likely N-dealkylation sites (tertiary alicyclic amines) is 1. The van der Waals surface area contributed by atoms with Gasteiger partial charge in [-0.3, -0.25) is 0 Å². The average molecular weight is 223 g/mol. The number of aromatic nitrogens is 1. The summed E-state index contributed by atoms with van der Waals surface area (Å²) >= 11 is 0. The van der Waals surface area contributed by atoms with Gasteiger partial charge in [-0.15, -0.1) is 0 Å². The van der Waals surface area contributed by atoms with Crippen LogP contribution in [0.5, 0.6) is 0 Å². The topological polar surface area (TPSA) is 28.2 Å². The molecule has 1 saturated heterocycles. The van der Waals surface area contributed by atoms with E-state index in [1.165, 1.54) is 32.0 Å². The van der Waals surface area contributed by atoms with Crippen molar-refractivity contribution in [2.75, 3.05) is 31.5 Å². The Bertz CT molecular complexity index is 324. The first-order valence-corrected chi connectivity index (χ1v) is 5.93. The predicted octanol–water partition coefficient (Wildman–Crippen LogP) is 2.12. The Morgan fingerprint density at radius 2 is 2.19 bits per heavy atom. The Balaban J connectivity index is 1.66. The minimum Gasteiger partial charge on any atom is -0.368 e. The van der Waals surface area contributed by atoms with E-state index in [1.807, 2.05) is 0 Å². The highest BCUT2D eigenvalue weighted by Crippen LogP contribution is 2.09. The van der Waals surface area contributed by atoms with Gasteiger partial charge in [0.2, 0.25) is 0 Å². The van der Waals surface area contributed by atoms with Crippen molar-refractivity contribution in [1.82, 2.24) is 9.88 Å². The number of anilines is 1. The normalized spacial score (nSPS) is 16.6. The summed E-state index contributed by atoms with van der Waals surface area (Å²) in [6.45, 7) is 4.32. The molecule has 0 amide bonds. The number of nitrogens with one attached hydrogen (secondary N) is 1. The summed E-state index contributed by atoms with van der Waals surface area (Å²) in [6.07, 6.45) is 5.28. The molecule has 1 aromatic heterocycles. The van der Waals surface area contributed by atoms with Gasteiger partial charge >= 0.3 is 0 Å². The molecule has 88 valence electrons. The molecule has 1 fully saturated rings. The van der Waals surface area contributed by atoms with Crippen LogP contribution in [-0.2, 0) is 0 Å². The highest BCUT2D eigenvalue weighted by atomic mass is 19.1. The van der Waals surface area contributed by atoms with Crippen LogP contribution in [0.15, 0.2) is 18.3 Å². The molecule has 0 atom stereocenters. The summed E-state index contributed by atoms with van der Waals surface area (Å²) in [5, 5.41) is 3.02. The van der Waals surface area contributed by atoms with Crippen molar-refractivity contribution in [2.24, 2.45) is 0 Å². The summed E-state index contributed by atoms with van der Waals surface area (Å²) in [5.41, 5.74) is 0. The summed E-state index contributed by atoms with van der Waals surface area (Å²) in [5.74, 6) is 0.0904. The fraction of sp³-hybridized carbons (Fsp3) is 0.583. The molecule has 2 heterocycles. The van der Waals surface area contributed by atoms with Crippen LogP contribution < -0.4 is 5.32 Å². The lowest BCUT2D eigenvalue weighted by Gasteiger charge is -2.14. The molecular formula is C12H18FN3. The van der Waals surface area contributed by atoms with E-state index in [0.29, 0.717) is 5.82 Å². The van der Waals surface area contributed by atoms with E-state index in [-0.39, 0.29) is 5.82 Å². The Morgan fingerprint density at radius 1 is 1.38 bits per heavy atom. The van der Waals surface area contributed by atoms with Crippen molar-refractivity contribution in [3.63, 3.8) is 0 Å². The lowest BCUT2D eigenvalue weighted by molar-refractivity contribution is 0.337. The van der Waals surface area contributed by atoms with Crippen LogP contribution >= 0.6 is 0 Å². The molecule has 1 N–H and O–H groups in total. The van der Waals surface area contributed by atoms with Gasteiger partial charge in [-0.1, -0.05) is 0 Å². The number of hydrogen-bond acceptors (Lipinski definition) is 3. The maximum absolute atomic E-state index is 13.2. The molecular weight excluding hydrogens is 205 g/mol. The lowest BCUT2D eigenvalue weighted by Crippen LogP contribution is -2.22. The minimum atomic E-state index is -0.274. The van der Waals surface area contributed by atoms with Gasteiger partial charge in [0.1, 0.15) is 0 Å². The summed E-state index contributed by atoms with van der Waals surface area (Å²) in [6, 6.07) is 3.03. The smallest absolute Gasteiger partial charge is 0.165 e. The van der Waals surface area contributed by atoms with E-state index in [2.05, 4.69) is 15.2 Å². The minimum absolute atomic E-state index is 0.274. The molecule has 0 bridgehead atoms. The Kier molecular flexibility index (Phi) is 4.10. The van der Waals surface area contributed by atoms with Gasteiger partial charge in [0.15, 0.2) is 11.6 Å². The summed E-state index contributed by atoms with van der Waals surface area (Å²) in [4.78, 5) is 6.40. The van der Waals surface area contributed by atoms with Crippen LogP contribution in [0.4, 0.5) is 10.2 Å². The van der Waals surface area contributed by atoms with Crippen LogP contribution in [-0.4, -0.2) is 36.1 Å². The first-order valence-electron chi connectivity index (χ1n) is 5.93. The molecule has 2 rings (SSSR count). The summed E-state index contributed by atoms with van der Waals surface area (Å²) < 4.78 is 13.2. The molecule has 0 radical (unpaired) electrons. The van der Waals surface area contributed by atoms with Gasteiger partial charge in [-0.05, 0) is 51.0 Å². The fourth-order valence-electron chi connectivity index (χ4n) is 2.03. The number of hydrogen-bond donors (Lipinski definition) is 1. The van der Waals surface area contributed by atoms with Crippen molar-refractivity contribution < 1.29 is 4.39 Å². The van der Waals surface area contributed by atoms with Gasteiger partial charge < -0.3 is 10.2 Å². The van der Waals surface area contributed by atoms with E-state index in [9.17, 15) is 4.39 Å². The van der Waals surface area contributed by atoms with E-state index in [0.717, 1.165) is 19.5 Å². The van der Waals surface area contributed by atoms with Crippen molar-refractivity contribution in [3.05, 3.63) is 24.1 Å². The van der Waals surface area contributed by atoms with Gasteiger partial charge in [-0.2, -0.15) is 0 Å². The van der Waals surface area contributed by atoms with Crippen LogP contribution in [0.1, 0.15) is 19.3 Å². The first-order chi connectivity index (χ1) is 7.86. The molecule has 4 heteroatoms. The molecule has 3 nitrogen and oxygen atoms in total. The largest absolute Gasteiger partial charge is 0.368 e. The first kappa shape index (κ1) is 11.3. The number of pyridine rings is 1. The Labute approximate surface area is 95.7 Å². The number of rotatable bonds is 5. The van der Waals surface area contributed by atoms with Crippen molar-refractivity contribution in [3.8, 4) is 0 Å². The molecule has 0 saturated carbocycles. The van der Waals surface area contributed by atoms with Gasteiger partial charge in [0, 0.05) is 12.7 Å². The van der Waals surface area contributed by atoms with E-state index < -0.39 is 0 Å². The zero-order valence-electron chi connectivity index (χ0n) is 9.45.